The van der Waals surface area contributed by atoms with E-state index in [1.807, 2.05) is 6.92 Å². The van der Waals surface area contributed by atoms with Crippen LogP contribution in [0, 0.1) is 17.0 Å². The van der Waals surface area contributed by atoms with Crippen molar-refractivity contribution < 1.29 is 14.5 Å². The van der Waals surface area contributed by atoms with E-state index in [2.05, 4.69) is 20.8 Å². The van der Waals surface area contributed by atoms with E-state index in [0.717, 1.165) is 5.75 Å². The molecule has 0 unspecified atom stereocenters. The first-order valence-electron chi connectivity index (χ1n) is 8.53. The van der Waals surface area contributed by atoms with Crippen molar-refractivity contribution in [2.75, 3.05) is 6.61 Å². The number of carbonyl (C=O) groups is 1. The lowest BCUT2D eigenvalue weighted by Gasteiger charge is -2.08. The molecule has 0 aliphatic carbocycles. The van der Waals surface area contributed by atoms with Crippen LogP contribution in [0.1, 0.15) is 28.7 Å². The Kier molecular flexibility index (Phi) is 5.58. The van der Waals surface area contributed by atoms with Crippen molar-refractivity contribution >= 4 is 11.6 Å². The van der Waals surface area contributed by atoms with Crippen LogP contribution in [0.15, 0.2) is 42.5 Å². The van der Waals surface area contributed by atoms with E-state index in [1.54, 1.807) is 31.2 Å². The molecule has 0 saturated heterocycles. The molecule has 0 aliphatic heterocycles. The molecule has 3 aromatic rings. The summed E-state index contributed by atoms with van der Waals surface area (Å²) in [4.78, 5) is 22.9. The van der Waals surface area contributed by atoms with Crippen molar-refractivity contribution in [3.8, 4) is 11.4 Å². The first kappa shape index (κ1) is 19.0. The highest BCUT2D eigenvalue weighted by atomic mass is 16.6. The minimum atomic E-state index is -0.515. The number of nitro groups is 1. The maximum Gasteiger partial charge on any atom is 0.273 e. The molecule has 3 rings (SSSR count). The van der Waals surface area contributed by atoms with Gasteiger partial charge < -0.3 is 10.1 Å². The van der Waals surface area contributed by atoms with Gasteiger partial charge in [0.1, 0.15) is 5.75 Å². The largest absolute Gasteiger partial charge is 0.494 e. The molecule has 1 heterocycles. The normalized spacial score (nSPS) is 10.5. The van der Waals surface area contributed by atoms with Crippen LogP contribution in [0.5, 0.6) is 5.75 Å². The molecule has 10 nitrogen and oxygen atoms in total. The van der Waals surface area contributed by atoms with Gasteiger partial charge in [-0.2, -0.15) is 4.68 Å². The second kappa shape index (κ2) is 8.25. The third-order valence-corrected chi connectivity index (χ3v) is 4.00. The Balaban J connectivity index is 1.72. The van der Waals surface area contributed by atoms with Crippen LogP contribution in [0.25, 0.3) is 5.69 Å². The van der Waals surface area contributed by atoms with Gasteiger partial charge in [-0.25, -0.2) is 0 Å². The second-order valence-electron chi connectivity index (χ2n) is 5.87. The number of nitro benzene ring substituents is 1. The van der Waals surface area contributed by atoms with Gasteiger partial charge in [0.05, 0.1) is 23.8 Å². The Labute approximate surface area is 160 Å². The summed E-state index contributed by atoms with van der Waals surface area (Å²) in [5.74, 6) is 0.693. The average molecular weight is 382 g/mol. The zero-order valence-corrected chi connectivity index (χ0v) is 15.3. The highest BCUT2D eigenvalue weighted by molar-refractivity contribution is 5.94. The Hall–Kier alpha value is -3.82. The van der Waals surface area contributed by atoms with Gasteiger partial charge in [0, 0.05) is 17.2 Å². The van der Waals surface area contributed by atoms with Crippen molar-refractivity contribution in [2.45, 2.75) is 20.4 Å². The van der Waals surface area contributed by atoms with Gasteiger partial charge in [-0.05, 0) is 54.6 Å². The van der Waals surface area contributed by atoms with Crippen molar-refractivity contribution in [3.05, 3.63) is 69.5 Å². The van der Waals surface area contributed by atoms with Crippen molar-refractivity contribution in [1.82, 2.24) is 25.5 Å². The topological polar surface area (TPSA) is 125 Å². The number of rotatable bonds is 7. The minimum absolute atomic E-state index is 0.0563. The standard InChI is InChI=1S/C18H18N6O4/c1-3-28-15-8-6-14(7-9-15)23-17(20-21-22-23)11-19-18(25)13-5-4-12(2)16(10-13)24(26)27/h4-10H,3,11H2,1-2H3,(H,19,25). The lowest BCUT2D eigenvalue weighted by molar-refractivity contribution is -0.385. The van der Waals surface area contributed by atoms with Crippen molar-refractivity contribution in [1.29, 1.82) is 0 Å². The van der Waals surface area contributed by atoms with Gasteiger partial charge in [-0.3, -0.25) is 14.9 Å². The van der Waals surface area contributed by atoms with Crippen LogP contribution in [-0.2, 0) is 6.54 Å². The summed E-state index contributed by atoms with van der Waals surface area (Å²) in [6.45, 7) is 4.14. The van der Waals surface area contributed by atoms with Crippen LogP contribution >= 0.6 is 0 Å². The quantitative estimate of drug-likeness (QED) is 0.490. The van der Waals surface area contributed by atoms with Crippen LogP contribution in [-0.4, -0.2) is 37.6 Å². The Morgan fingerprint density at radius 1 is 1.25 bits per heavy atom. The molecule has 10 heteroatoms. The summed E-state index contributed by atoms with van der Waals surface area (Å²) >= 11 is 0. The molecule has 0 spiro atoms. The number of ether oxygens (including phenoxy) is 1. The number of hydrogen-bond donors (Lipinski definition) is 1. The summed E-state index contributed by atoms with van der Waals surface area (Å²) in [5.41, 5.74) is 1.29. The third kappa shape index (κ3) is 4.11. The molecule has 0 bridgehead atoms. The smallest absolute Gasteiger partial charge is 0.273 e. The Morgan fingerprint density at radius 2 is 2.00 bits per heavy atom. The van der Waals surface area contributed by atoms with E-state index in [-0.39, 0.29) is 17.8 Å². The second-order valence-corrected chi connectivity index (χ2v) is 5.87. The number of aryl methyl sites for hydroxylation is 1. The van der Waals surface area contributed by atoms with Crippen LogP contribution in [0.3, 0.4) is 0 Å². The molecule has 0 aliphatic rings. The number of nitrogens with one attached hydrogen (secondary N) is 1. The first-order valence-corrected chi connectivity index (χ1v) is 8.53. The van der Waals surface area contributed by atoms with Gasteiger partial charge in [-0.1, -0.05) is 6.07 Å². The summed E-state index contributed by atoms with van der Waals surface area (Å²) in [7, 11) is 0. The van der Waals surface area contributed by atoms with E-state index in [9.17, 15) is 14.9 Å². The van der Waals surface area contributed by atoms with Crippen molar-refractivity contribution in [3.63, 3.8) is 0 Å². The molecule has 144 valence electrons. The molecule has 1 aromatic heterocycles. The van der Waals surface area contributed by atoms with E-state index in [4.69, 9.17) is 4.74 Å². The molecule has 0 saturated carbocycles. The molecular weight excluding hydrogens is 364 g/mol. The molecule has 28 heavy (non-hydrogen) atoms. The maximum absolute atomic E-state index is 12.4. The van der Waals surface area contributed by atoms with Gasteiger partial charge in [0.25, 0.3) is 11.6 Å². The number of tetrazole rings is 1. The highest BCUT2D eigenvalue weighted by Gasteiger charge is 2.16. The molecule has 1 amide bonds. The summed E-state index contributed by atoms with van der Waals surface area (Å²) in [6, 6.07) is 11.5. The fourth-order valence-corrected chi connectivity index (χ4v) is 2.58. The first-order chi connectivity index (χ1) is 13.5. The molecular formula is C18H18N6O4. The number of nitrogens with zero attached hydrogens (tertiary/aromatic N) is 5. The fourth-order valence-electron chi connectivity index (χ4n) is 2.58. The van der Waals surface area contributed by atoms with Crippen molar-refractivity contribution in [2.24, 2.45) is 0 Å². The van der Waals surface area contributed by atoms with E-state index < -0.39 is 10.8 Å². The predicted octanol–water partition coefficient (Wildman–Crippen LogP) is 2.21. The van der Waals surface area contributed by atoms with E-state index in [1.165, 1.54) is 22.9 Å². The molecule has 0 radical (unpaired) electrons. The van der Waals surface area contributed by atoms with Crippen LogP contribution in [0.2, 0.25) is 0 Å². The van der Waals surface area contributed by atoms with Gasteiger partial charge >= 0.3 is 0 Å². The average Bonchev–Trinajstić information content (AvgIpc) is 3.15. The highest BCUT2D eigenvalue weighted by Crippen LogP contribution is 2.19. The molecule has 0 fully saturated rings. The molecule has 0 atom stereocenters. The number of hydrogen-bond acceptors (Lipinski definition) is 7. The monoisotopic (exact) mass is 382 g/mol. The maximum atomic E-state index is 12.4. The molecule has 1 N–H and O–H groups in total. The minimum Gasteiger partial charge on any atom is -0.494 e. The Bertz CT molecular complexity index is 1000. The zero-order chi connectivity index (χ0) is 20.1. The summed E-state index contributed by atoms with van der Waals surface area (Å²) < 4.78 is 6.90. The zero-order valence-electron chi connectivity index (χ0n) is 15.3. The predicted molar refractivity (Wildman–Crippen MR) is 99.3 cm³/mol. The van der Waals surface area contributed by atoms with E-state index >= 15 is 0 Å². The van der Waals surface area contributed by atoms with Crippen LogP contribution < -0.4 is 10.1 Å². The fraction of sp³-hybridized carbons (Fsp3) is 0.222. The number of amides is 1. The lowest BCUT2D eigenvalue weighted by Crippen LogP contribution is -2.24. The summed E-state index contributed by atoms with van der Waals surface area (Å²) in [5, 5.41) is 25.2. The summed E-state index contributed by atoms with van der Waals surface area (Å²) in [6.07, 6.45) is 0. The van der Waals surface area contributed by atoms with E-state index in [0.29, 0.717) is 23.7 Å². The number of carbonyl (C=O) groups excluding carboxylic acids is 1. The van der Waals surface area contributed by atoms with Gasteiger partial charge in [0.15, 0.2) is 5.82 Å². The lowest BCUT2D eigenvalue weighted by atomic mass is 10.1. The number of benzene rings is 2. The number of aromatic nitrogens is 4. The van der Waals surface area contributed by atoms with Gasteiger partial charge in [-0.15, -0.1) is 5.10 Å². The van der Waals surface area contributed by atoms with Crippen LogP contribution in [0.4, 0.5) is 5.69 Å². The Morgan fingerprint density at radius 3 is 2.68 bits per heavy atom. The SMILES string of the molecule is CCOc1ccc(-n2nnnc2CNC(=O)c2ccc(C)c([N+](=O)[O-])c2)cc1. The van der Waals surface area contributed by atoms with Gasteiger partial charge in [0.2, 0.25) is 0 Å². The third-order valence-electron chi connectivity index (χ3n) is 4.00. The molecule has 2 aromatic carbocycles.